The largest absolute Gasteiger partial charge is 0.468 e. The van der Waals surface area contributed by atoms with Crippen molar-refractivity contribution >= 4 is 0 Å². The van der Waals surface area contributed by atoms with Crippen LogP contribution in [0.25, 0.3) is 0 Å². The van der Waals surface area contributed by atoms with Gasteiger partial charge in [-0.15, -0.1) is 0 Å². The Morgan fingerprint density at radius 3 is 2.82 bits per heavy atom. The minimum Gasteiger partial charge on any atom is -0.468 e. The summed E-state index contributed by atoms with van der Waals surface area (Å²) in [5.41, 5.74) is 1.13. The second-order valence-corrected chi connectivity index (χ2v) is 3.87. The Balaban J connectivity index is 1.97. The van der Waals surface area contributed by atoms with E-state index in [1.54, 1.807) is 12.5 Å². The van der Waals surface area contributed by atoms with Crippen molar-refractivity contribution in [2.24, 2.45) is 0 Å². The van der Waals surface area contributed by atoms with Crippen LogP contribution in [0.1, 0.15) is 11.3 Å². The van der Waals surface area contributed by atoms with Crippen molar-refractivity contribution in [1.82, 2.24) is 9.88 Å². The van der Waals surface area contributed by atoms with E-state index in [0.717, 1.165) is 17.9 Å². The second kappa shape index (κ2) is 6.18. The van der Waals surface area contributed by atoms with Crippen LogP contribution >= 0.6 is 0 Å². The van der Waals surface area contributed by atoms with Crippen LogP contribution in [0.4, 0.5) is 0 Å². The number of hydrogen-bond donors (Lipinski definition) is 1. The van der Waals surface area contributed by atoms with Crippen molar-refractivity contribution in [3.05, 3.63) is 54.2 Å². The molecule has 1 N–H and O–H groups in total. The molecule has 2 heterocycles. The number of aromatic nitrogens is 1. The fourth-order valence-electron chi connectivity index (χ4n) is 1.73. The van der Waals surface area contributed by atoms with E-state index >= 15 is 0 Å². The van der Waals surface area contributed by atoms with Crippen LogP contribution in [0.2, 0.25) is 0 Å². The van der Waals surface area contributed by atoms with E-state index in [4.69, 9.17) is 9.52 Å². The van der Waals surface area contributed by atoms with Crippen molar-refractivity contribution < 1.29 is 9.52 Å². The summed E-state index contributed by atoms with van der Waals surface area (Å²) < 4.78 is 5.31. The van der Waals surface area contributed by atoms with E-state index in [9.17, 15) is 0 Å². The van der Waals surface area contributed by atoms with Gasteiger partial charge in [-0.3, -0.25) is 9.88 Å². The first-order chi connectivity index (χ1) is 8.38. The summed E-state index contributed by atoms with van der Waals surface area (Å²) in [4.78, 5) is 6.20. The minimum atomic E-state index is 0.140. The van der Waals surface area contributed by atoms with Crippen LogP contribution in [-0.2, 0) is 13.1 Å². The maximum atomic E-state index is 9.06. The maximum absolute atomic E-state index is 9.06. The molecular formula is C13H16N2O2. The molecule has 0 fully saturated rings. The van der Waals surface area contributed by atoms with Crippen LogP contribution in [0.5, 0.6) is 0 Å². The summed E-state index contributed by atoms with van der Waals surface area (Å²) in [6.07, 6.45) is 5.26. The van der Waals surface area contributed by atoms with Gasteiger partial charge in [-0.1, -0.05) is 6.07 Å². The second-order valence-electron chi connectivity index (χ2n) is 3.87. The van der Waals surface area contributed by atoms with Crippen LogP contribution in [0.3, 0.4) is 0 Å². The summed E-state index contributed by atoms with van der Waals surface area (Å²) >= 11 is 0. The highest BCUT2D eigenvalue weighted by atomic mass is 16.3. The molecule has 0 radical (unpaired) electrons. The molecule has 0 saturated heterocycles. The molecule has 2 aromatic rings. The number of aliphatic hydroxyl groups excluding tert-OH is 1. The zero-order valence-corrected chi connectivity index (χ0v) is 9.62. The summed E-state index contributed by atoms with van der Waals surface area (Å²) in [5, 5.41) is 9.06. The third-order valence-corrected chi connectivity index (χ3v) is 2.50. The molecule has 0 amide bonds. The Morgan fingerprint density at radius 1 is 1.24 bits per heavy atom. The third kappa shape index (κ3) is 3.69. The zero-order valence-electron chi connectivity index (χ0n) is 9.62. The van der Waals surface area contributed by atoms with Gasteiger partial charge in [-0.2, -0.15) is 0 Å². The van der Waals surface area contributed by atoms with Gasteiger partial charge in [0.25, 0.3) is 0 Å². The quantitative estimate of drug-likeness (QED) is 0.823. The van der Waals surface area contributed by atoms with Gasteiger partial charge >= 0.3 is 0 Å². The molecule has 0 aliphatic carbocycles. The number of nitrogens with zero attached hydrogens (tertiary/aromatic N) is 2. The first kappa shape index (κ1) is 11.8. The number of furan rings is 1. The van der Waals surface area contributed by atoms with Crippen LogP contribution in [0.15, 0.2) is 47.3 Å². The lowest BCUT2D eigenvalue weighted by molar-refractivity contribution is 0.174. The van der Waals surface area contributed by atoms with Gasteiger partial charge < -0.3 is 9.52 Å². The molecule has 0 atom stereocenters. The predicted octanol–water partition coefficient (Wildman–Crippen LogP) is 1.67. The van der Waals surface area contributed by atoms with Gasteiger partial charge in [0.15, 0.2) is 0 Å². The minimum absolute atomic E-state index is 0.140. The molecule has 0 unspecified atom stereocenters. The van der Waals surface area contributed by atoms with Crippen molar-refractivity contribution in [1.29, 1.82) is 0 Å². The van der Waals surface area contributed by atoms with Crippen molar-refractivity contribution in [3.8, 4) is 0 Å². The van der Waals surface area contributed by atoms with Crippen molar-refractivity contribution in [2.45, 2.75) is 13.1 Å². The third-order valence-electron chi connectivity index (χ3n) is 2.50. The van der Waals surface area contributed by atoms with E-state index in [-0.39, 0.29) is 6.61 Å². The van der Waals surface area contributed by atoms with E-state index in [0.29, 0.717) is 13.1 Å². The van der Waals surface area contributed by atoms with Crippen LogP contribution in [-0.4, -0.2) is 28.1 Å². The standard InChI is InChI=1S/C13H16N2O2/c16-7-6-15(11-13-4-2-8-17-13)10-12-3-1-5-14-9-12/h1-5,8-9,16H,6-7,10-11H2. The average Bonchev–Trinajstić information content (AvgIpc) is 2.83. The Labute approximate surface area is 101 Å². The molecule has 4 heteroatoms. The molecule has 17 heavy (non-hydrogen) atoms. The average molecular weight is 232 g/mol. The smallest absolute Gasteiger partial charge is 0.117 e. The Kier molecular flexibility index (Phi) is 4.30. The topological polar surface area (TPSA) is 49.5 Å². The Morgan fingerprint density at radius 2 is 2.18 bits per heavy atom. The van der Waals surface area contributed by atoms with E-state index in [2.05, 4.69) is 9.88 Å². The number of aliphatic hydroxyl groups is 1. The van der Waals surface area contributed by atoms with Crippen molar-refractivity contribution in [2.75, 3.05) is 13.2 Å². The molecular weight excluding hydrogens is 216 g/mol. The molecule has 0 spiro atoms. The van der Waals surface area contributed by atoms with Crippen molar-refractivity contribution in [3.63, 3.8) is 0 Å². The first-order valence-corrected chi connectivity index (χ1v) is 5.63. The van der Waals surface area contributed by atoms with E-state index in [1.165, 1.54) is 0 Å². The SMILES string of the molecule is OCCN(Cc1cccnc1)Cc1ccco1. The number of hydrogen-bond acceptors (Lipinski definition) is 4. The Bertz CT molecular complexity index is 414. The lowest BCUT2D eigenvalue weighted by atomic mass is 10.2. The molecule has 4 nitrogen and oxygen atoms in total. The molecule has 2 rings (SSSR count). The summed E-state index contributed by atoms with van der Waals surface area (Å²) in [6, 6.07) is 7.75. The zero-order chi connectivity index (χ0) is 11.9. The summed E-state index contributed by atoms with van der Waals surface area (Å²) in [5.74, 6) is 0.905. The van der Waals surface area contributed by atoms with Crippen LogP contribution < -0.4 is 0 Å². The summed E-state index contributed by atoms with van der Waals surface area (Å²) in [6.45, 7) is 2.22. The monoisotopic (exact) mass is 232 g/mol. The molecule has 90 valence electrons. The highest BCUT2D eigenvalue weighted by Crippen LogP contribution is 2.09. The van der Waals surface area contributed by atoms with Gasteiger partial charge in [0, 0.05) is 25.5 Å². The predicted molar refractivity (Wildman–Crippen MR) is 64.1 cm³/mol. The van der Waals surface area contributed by atoms with Gasteiger partial charge in [0.1, 0.15) is 5.76 Å². The molecule has 0 bridgehead atoms. The van der Waals surface area contributed by atoms with Gasteiger partial charge in [-0.25, -0.2) is 0 Å². The normalized spacial score (nSPS) is 10.9. The maximum Gasteiger partial charge on any atom is 0.117 e. The Hall–Kier alpha value is -1.65. The highest BCUT2D eigenvalue weighted by Gasteiger charge is 2.08. The van der Waals surface area contributed by atoms with E-state index < -0.39 is 0 Å². The van der Waals surface area contributed by atoms with Gasteiger partial charge in [-0.05, 0) is 23.8 Å². The molecule has 0 aliphatic heterocycles. The molecule has 0 aliphatic rings. The lowest BCUT2D eigenvalue weighted by Crippen LogP contribution is -2.25. The highest BCUT2D eigenvalue weighted by molar-refractivity contribution is 5.08. The van der Waals surface area contributed by atoms with Crippen LogP contribution in [0, 0.1) is 0 Å². The molecule has 2 aromatic heterocycles. The number of rotatable bonds is 6. The summed E-state index contributed by atoms with van der Waals surface area (Å²) in [7, 11) is 0. The fourth-order valence-corrected chi connectivity index (χ4v) is 1.73. The van der Waals surface area contributed by atoms with Gasteiger partial charge in [0.05, 0.1) is 19.4 Å². The van der Waals surface area contributed by atoms with Gasteiger partial charge in [0.2, 0.25) is 0 Å². The number of pyridine rings is 1. The fraction of sp³-hybridized carbons (Fsp3) is 0.308. The lowest BCUT2D eigenvalue weighted by Gasteiger charge is -2.19. The first-order valence-electron chi connectivity index (χ1n) is 5.63. The molecule has 0 aromatic carbocycles. The van der Waals surface area contributed by atoms with E-state index in [1.807, 2.05) is 30.5 Å². The molecule has 0 saturated carbocycles.